The van der Waals surface area contributed by atoms with Crippen LogP contribution in [0.15, 0.2) is 54.6 Å². The molecule has 0 unspecified atom stereocenters. The lowest BCUT2D eigenvalue weighted by Gasteiger charge is -2.41. The van der Waals surface area contributed by atoms with Gasteiger partial charge in [0.15, 0.2) is 0 Å². The van der Waals surface area contributed by atoms with Crippen LogP contribution in [0.1, 0.15) is 40.7 Å². The lowest BCUT2D eigenvalue weighted by atomic mass is 9.74. The maximum Gasteiger partial charge on any atom is 0.325 e. The van der Waals surface area contributed by atoms with Crippen molar-refractivity contribution < 1.29 is 14.4 Å². The predicted molar refractivity (Wildman–Crippen MR) is 136 cm³/mol. The van der Waals surface area contributed by atoms with Crippen molar-refractivity contribution in [2.75, 3.05) is 40.3 Å². The van der Waals surface area contributed by atoms with Gasteiger partial charge < -0.3 is 15.1 Å². The zero-order valence-corrected chi connectivity index (χ0v) is 21.0. The number of nitrogens with one attached hydrogen (secondary N) is 1. The number of benzene rings is 2. The van der Waals surface area contributed by atoms with E-state index in [9.17, 15) is 14.4 Å². The minimum absolute atomic E-state index is 0.0194. The number of hydrogen-bond donors (Lipinski definition) is 1. The third-order valence-corrected chi connectivity index (χ3v) is 7.40. The van der Waals surface area contributed by atoms with Gasteiger partial charge in [0.2, 0.25) is 0 Å². The van der Waals surface area contributed by atoms with Gasteiger partial charge in [-0.3, -0.25) is 14.5 Å². The van der Waals surface area contributed by atoms with Crippen LogP contribution in [-0.2, 0) is 11.2 Å². The lowest BCUT2D eigenvalue weighted by molar-refractivity contribution is -0.134. The zero-order chi connectivity index (χ0) is 25.0. The summed E-state index contributed by atoms with van der Waals surface area (Å²) < 4.78 is 0. The van der Waals surface area contributed by atoms with E-state index in [4.69, 9.17) is 0 Å². The molecule has 0 radical (unpaired) electrons. The molecule has 2 saturated heterocycles. The van der Waals surface area contributed by atoms with Crippen molar-refractivity contribution in [1.29, 1.82) is 0 Å². The van der Waals surface area contributed by atoms with Crippen LogP contribution in [0.3, 0.4) is 0 Å². The summed E-state index contributed by atoms with van der Waals surface area (Å²) in [6, 6.07) is 17.4. The van der Waals surface area contributed by atoms with E-state index in [-0.39, 0.29) is 23.8 Å². The second-order valence-electron chi connectivity index (χ2n) is 10.1. The van der Waals surface area contributed by atoms with E-state index in [2.05, 4.69) is 17.4 Å². The number of nitrogens with zero attached hydrogens (tertiary/aromatic N) is 3. The molecule has 7 heteroatoms. The number of urea groups is 1. The largest absolute Gasteiger partial charge is 0.339 e. The van der Waals surface area contributed by atoms with E-state index in [1.54, 1.807) is 0 Å². The van der Waals surface area contributed by atoms with Gasteiger partial charge >= 0.3 is 6.03 Å². The standard InChI is InChI=1S/C28H36N4O3/c1-21-9-11-23(12-10-21)25(33)31-17-14-24(15-18-31)28(16-13-22-7-5-4-6-8-22)26(34)32(27(35)29-28)20-19-30(2)3/h4-12,24H,13-20H2,1-3H3,(H,29,35)/t28-/m1/s1. The Morgan fingerprint density at radius 1 is 1.03 bits per heavy atom. The summed E-state index contributed by atoms with van der Waals surface area (Å²) in [6.07, 6.45) is 2.62. The highest BCUT2D eigenvalue weighted by atomic mass is 16.2. The highest BCUT2D eigenvalue weighted by Gasteiger charge is 2.55. The summed E-state index contributed by atoms with van der Waals surface area (Å²) in [5, 5.41) is 3.13. The van der Waals surface area contributed by atoms with Gasteiger partial charge in [0.1, 0.15) is 5.54 Å². The Hall–Kier alpha value is -3.19. The van der Waals surface area contributed by atoms with Crippen LogP contribution in [0.2, 0.25) is 0 Å². The third kappa shape index (κ3) is 5.40. The van der Waals surface area contributed by atoms with Crippen molar-refractivity contribution in [3.05, 3.63) is 71.3 Å². The second-order valence-corrected chi connectivity index (χ2v) is 10.1. The Balaban J connectivity index is 1.51. The molecule has 2 aromatic rings. The Kier molecular flexibility index (Phi) is 7.55. The monoisotopic (exact) mass is 476 g/mol. The average Bonchev–Trinajstić information content (AvgIpc) is 3.11. The number of aryl methyl sites for hydroxylation is 2. The molecule has 0 bridgehead atoms. The first-order valence-electron chi connectivity index (χ1n) is 12.5. The fraction of sp³-hybridized carbons (Fsp3) is 0.464. The van der Waals surface area contributed by atoms with Crippen molar-refractivity contribution in [2.45, 2.75) is 38.1 Å². The maximum atomic E-state index is 13.8. The van der Waals surface area contributed by atoms with E-state index >= 15 is 0 Å². The number of rotatable bonds is 8. The van der Waals surface area contributed by atoms with Crippen LogP contribution in [0.25, 0.3) is 0 Å². The van der Waals surface area contributed by atoms with Crippen LogP contribution < -0.4 is 5.32 Å². The normalized spacial score (nSPS) is 21.0. The molecule has 0 spiro atoms. The molecule has 2 fully saturated rings. The van der Waals surface area contributed by atoms with Crippen LogP contribution >= 0.6 is 0 Å². The summed E-state index contributed by atoms with van der Waals surface area (Å²) in [6.45, 7) is 4.15. The summed E-state index contributed by atoms with van der Waals surface area (Å²) >= 11 is 0. The number of likely N-dealkylation sites (tertiary alicyclic amines) is 1. The van der Waals surface area contributed by atoms with Crippen LogP contribution in [0.4, 0.5) is 4.79 Å². The van der Waals surface area contributed by atoms with Gasteiger partial charge in [-0.05, 0) is 70.3 Å². The molecule has 0 aliphatic carbocycles. The molecule has 0 saturated carbocycles. The zero-order valence-electron chi connectivity index (χ0n) is 21.0. The number of piperidine rings is 1. The molecule has 1 N–H and O–H groups in total. The predicted octanol–water partition coefficient (Wildman–Crippen LogP) is 3.33. The molecule has 2 aliphatic rings. The first-order chi connectivity index (χ1) is 16.8. The van der Waals surface area contributed by atoms with Crippen LogP contribution in [0, 0.1) is 12.8 Å². The minimum Gasteiger partial charge on any atom is -0.339 e. The van der Waals surface area contributed by atoms with Gasteiger partial charge in [0.25, 0.3) is 11.8 Å². The molecule has 35 heavy (non-hydrogen) atoms. The quantitative estimate of drug-likeness (QED) is 0.593. The number of amides is 4. The van der Waals surface area contributed by atoms with Gasteiger partial charge in [0, 0.05) is 31.7 Å². The summed E-state index contributed by atoms with van der Waals surface area (Å²) in [7, 11) is 3.86. The average molecular weight is 477 g/mol. The molecule has 7 nitrogen and oxygen atoms in total. The van der Waals surface area contributed by atoms with Gasteiger partial charge in [0.05, 0.1) is 0 Å². The van der Waals surface area contributed by atoms with Crippen molar-refractivity contribution >= 4 is 17.8 Å². The van der Waals surface area contributed by atoms with E-state index in [0.29, 0.717) is 57.4 Å². The molecule has 2 heterocycles. The topological polar surface area (TPSA) is 73.0 Å². The summed E-state index contributed by atoms with van der Waals surface area (Å²) in [5.74, 6) is -0.117. The molecule has 4 rings (SSSR count). The Morgan fingerprint density at radius 3 is 2.31 bits per heavy atom. The maximum absolute atomic E-state index is 13.8. The molecule has 4 amide bonds. The minimum atomic E-state index is -0.932. The second kappa shape index (κ2) is 10.6. The van der Waals surface area contributed by atoms with E-state index in [1.807, 2.05) is 73.3 Å². The van der Waals surface area contributed by atoms with E-state index in [0.717, 1.165) is 11.1 Å². The number of carbonyl (C=O) groups is 3. The summed E-state index contributed by atoms with van der Waals surface area (Å²) in [4.78, 5) is 45.0. The first kappa shape index (κ1) is 24.9. The Bertz CT molecular complexity index is 1050. The van der Waals surface area contributed by atoms with E-state index in [1.165, 1.54) is 4.90 Å². The highest BCUT2D eigenvalue weighted by molar-refractivity contribution is 6.07. The van der Waals surface area contributed by atoms with Crippen LogP contribution in [-0.4, -0.2) is 78.4 Å². The highest BCUT2D eigenvalue weighted by Crippen LogP contribution is 2.37. The number of carbonyl (C=O) groups excluding carboxylic acids is 3. The van der Waals surface area contributed by atoms with Gasteiger partial charge in [-0.25, -0.2) is 4.79 Å². The van der Waals surface area contributed by atoms with Crippen molar-refractivity contribution in [3.8, 4) is 0 Å². The number of hydrogen-bond acceptors (Lipinski definition) is 4. The van der Waals surface area contributed by atoms with Gasteiger partial charge in [-0.15, -0.1) is 0 Å². The smallest absolute Gasteiger partial charge is 0.325 e. The van der Waals surface area contributed by atoms with Gasteiger partial charge in [-0.2, -0.15) is 0 Å². The molecular formula is C28H36N4O3. The lowest BCUT2D eigenvalue weighted by Crippen LogP contribution is -2.57. The molecule has 2 aromatic carbocycles. The molecule has 186 valence electrons. The molecular weight excluding hydrogens is 440 g/mol. The number of likely N-dealkylation sites (N-methyl/N-ethyl adjacent to an activating group) is 1. The first-order valence-corrected chi connectivity index (χ1v) is 12.5. The van der Waals surface area contributed by atoms with Gasteiger partial charge in [-0.1, -0.05) is 48.0 Å². The fourth-order valence-electron chi connectivity index (χ4n) is 5.24. The van der Waals surface area contributed by atoms with Crippen molar-refractivity contribution in [1.82, 2.24) is 20.0 Å². The molecule has 1 atom stereocenters. The third-order valence-electron chi connectivity index (χ3n) is 7.40. The molecule has 2 aliphatic heterocycles. The van der Waals surface area contributed by atoms with Crippen molar-refractivity contribution in [3.63, 3.8) is 0 Å². The number of imide groups is 1. The Labute approximate surface area is 208 Å². The van der Waals surface area contributed by atoms with Crippen LogP contribution in [0.5, 0.6) is 0 Å². The SMILES string of the molecule is Cc1ccc(C(=O)N2CCC([C@@]3(CCc4ccccc4)NC(=O)N(CCN(C)C)C3=O)CC2)cc1. The Morgan fingerprint density at radius 2 is 1.69 bits per heavy atom. The van der Waals surface area contributed by atoms with Crippen molar-refractivity contribution in [2.24, 2.45) is 5.92 Å². The molecule has 0 aromatic heterocycles. The van der Waals surface area contributed by atoms with E-state index < -0.39 is 5.54 Å². The summed E-state index contributed by atoms with van der Waals surface area (Å²) in [5.41, 5.74) is 2.02. The fourth-order valence-corrected chi connectivity index (χ4v) is 5.24.